The number of amides is 1. The summed E-state index contributed by atoms with van der Waals surface area (Å²) < 4.78 is 4.90. The van der Waals surface area contributed by atoms with Gasteiger partial charge in [-0.2, -0.15) is 0 Å². The average Bonchev–Trinajstić information content (AvgIpc) is 3.40. The van der Waals surface area contributed by atoms with Crippen molar-refractivity contribution in [3.05, 3.63) is 46.3 Å². The summed E-state index contributed by atoms with van der Waals surface area (Å²) in [5.41, 5.74) is 7.22. The molecule has 0 saturated carbocycles. The molecule has 4 rings (SSSR count). The summed E-state index contributed by atoms with van der Waals surface area (Å²) in [6, 6.07) is 0.140. The molecule has 2 atom stereocenters. The van der Waals surface area contributed by atoms with Crippen molar-refractivity contribution in [2.45, 2.75) is 71.5 Å². The fourth-order valence-electron chi connectivity index (χ4n) is 5.62. The standard InChI is InChI=1S/C28H39Cl2N7O3.C2H6/c1-4-19(7-6-18(3)29)16-35-11-8-21(9-12-35)37-14-13-36(17-20(37)5-2)26-24(30)33-23(25(31)34-26)27(38)32-22-10-15-40-28(22)39;1-2/h4,6-7,20-22H,1,5,8-17H2,2-3H3,(H2,31,34)(H,32,38);1-2H3/b18-6+,19-7+;. The van der Waals surface area contributed by atoms with E-state index in [0.29, 0.717) is 24.3 Å². The van der Waals surface area contributed by atoms with Crippen LogP contribution in [0.1, 0.15) is 63.9 Å². The predicted molar refractivity (Wildman–Crippen MR) is 170 cm³/mol. The van der Waals surface area contributed by atoms with Crippen molar-refractivity contribution in [2.75, 3.05) is 56.5 Å². The number of rotatable bonds is 9. The molecule has 232 valence electrons. The zero-order chi connectivity index (χ0) is 30.8. The Kier molecular flexibility index (Phi) is 13.1. The van der Waals surface area contributed by atoms with Crippen LogP contribution in [0.2, 0.25) is 5.15 Å². The Balaban J connectivity index is 0.00000237. The van der Waals surface area contributed by atoms with Crippen LogP contribution in [0.3, 0.4) is 0 Å². The molecule has 3 aliphatic heterocycles. The number of carbonyl (C=O) groups is 2. The molecule has 2 unspecified atom stereocenters. The van der Waals surface area contributed by atoms with E-state index in [1.54, 1.807) is 0 Å². The Morgan fingerprint density at radius 3 is 2.48 bits per heavy atom. The van der Waals surface area contributed by atoms with E-state index in [2.05, 4.69) is 43.5 Å². The molecule has 3 aliphatic rings. The first kappa shape index (κ1) is 33.8. The maximum Gasteiger partial charge on any atom is 0.328 e. The number of halogens is 2. The number of allylic oxidation sites excluding steroid dienone is 3. The third-order valence-electron chi connectivity index (χ3n) is 7.84. The number of nitrogens with two attached hydrogens (primary N) is 1. The Labute approximate surface area is 259 Å². The highest BCUT2D eigenvalue weighted by Gasteiger charge is 2.35. The normalized spacial score (nSPS) is 22.8. The van der Waals surface area contributed by atoms with Gasteiger partial charge in [-0.25, -0.2) is 14.8 Å². The van der Waals surface area contributed by atoms with Crippen LogP contribution in [0, 0.1) is 0 Å². The first-order valence-corrected chi connectivity index (χ1v) is 15.6. The molecule has 0 aromatic carbocycles. The van der Waals surface area contributed by atoms with Crippen molar-refractivity contribution < 1.29 is 14.3 Å². The van der Waals surface area contributed by atoms with Gasteiger partial charge in [0.1, 0.15) is 6.04 Å². The second-order valence-corrected chi connectivity index (χ2v) is 11.5. The van der Waals surface area contributed by atoms with Crippen molar-refractivity contribution in [1.29, 1.82) is 0 Å². The second kappa shape index (κ2) is 16.3. The van der Waals surface area contributed by atoms with Crippen LogP contribution >= 0.6 is 23.2 Å². The summed E-state index contributed by atoms with van der Waals surface area (Å²) in [6.45, 7) is 17.6. The van der Waals surface area contributed by atoms with E-state index in [-0.39, 0.29) is 23.3 Å². The minimum atomic E-state index is -0.713. The Hall–Kier alpha value is -2.66. The van der Waals surface area contributed by atoms with E-state index in [1.165, 1.54) is 5.57 Å². The zero-order valence-corrected chi connectivity index (χ0v) is 26.8. The number of aromatic nitrogens is 2. The average molecular weight is 623 g/mol. The highest BCUT2D eigenvalue weighted by atomic mass is 35.5. The molecule has 42 heavy (non-hydrogen) atoms. The van der Waals surface area contributed by atoms with Crippen molar-refractivity contribution >= 4 is 46.7 Å². The summed E-state index contributed by atoms with van der Waals surface area (Å²) in [6.07, 6.45) is 9.47. The fourth-order valence-corrected chi connectivity index (χ4v) is 5.93. The number of nitrogen functional groups attached to an aromatic ring is 1. The van der Waals surface area contributed by atoms with Crippen LogP contribution in [0.25, 0.3) is 0 Å². The van der Waals surface area contributed by atoms with E-state index >= 15 is 0 Å². The molecule has 1 aromatic heterocycles. The highest BCUT2D eigenvalue weighted by Crippen LogP contribution is 2.30. The predicted octanol–water partition coefficient (Wildman–Crippen LogP) is 4.40. The van der Waals surface area contributed by atoms with Gasteiger partial charge in [0, 0.05) is 49.7 Å². The molecule has 1 amide bonds. The Morgan fingerprint density at radius 2 is 1.88 bits per heavy atom. The first-order chi connectivity index (χ1) is 20.2. The van der Waals surface area contributed by atoms with Crippen LogP contribution in [-0.2, 0) is 9.53 Å². The van der Waals surface area contributed by atoms with Gasteiger partial charge in [0.15, 0.2) is 22.5 Å². The Morgan fingerprint density at radius 1 is 1.17 bits per heavy atom. The molecule has 1 aromatic rings. The van der Waals surface area contributed by atoms with Gasteiger partial charge in [-0.3, -0.25) is 14.6 Å². The molecule has 10 nitrogen and oxygen atoms in total. The minimum absolute atomic E-state index is 0.0178. The van der Waals surface area contributed by atoms with E-state index in [0.717, 1.165) is 63.6 Å². The van der Waals surface area contributed by atoms with Crippen molar-refractivity contribution in [1.82, 2.24) is 25.1 Å². The summed E-state index contributed by atoms with van der Waals surface area (Å²) in [7, 11) is 0. The molecule has 0 spiro atoms. The molecule has 3 saturated heterocycles. The number of piperazine rings is 1. The number of ether oxygens (including phenoxy) is 1. The number of piperidine rings is 1. The third kappa shape index (κ3) is 8.69. The maximum atomic E-state index is 12.7. The van der Waals surface area contributed by atoms with E-state index in [4.69, 9.17) is 33.7 Å². The van der Waals surface area contributed by atoms with E-state index < -0.39 is 17.9 Å². The molecular weight excluding hydrogens is 577 g/mol. The third-order valence-corrected chi connectivity index (χ3v) is 8.22. The summed E-state index contributed by atoms with van der Waals surface area (Å²) >= 11 is 12.5. The number of nitrogens with zero attached hydrogens (tertiary/aromatic N) is 5. The smallest absolute Gasteiger partial charge is 0.328 e. The highest BCUT2D eigenvalue weighted by molar-refractivity contribution is 6.32. The number of carbonyl (C=O) groups excluding carboxylic acids is 2. The van der Waals surface area contributed by atoms with Crippen LogP contribution in [0.5, 0.6) is 0 Å². The Bertz CT molecular complexity index is 1160. The number of hydrogen-bond donors (Lipinski definition) is 2. The number of esters is 1. The first-order valence-electron chi connectivity index (χ1n) is 14.9. The van der Waals surface area contributed by atoms with E-state index in [1.807, 2.05) is 39.0 Å². The second-order valence-electron chi connectivity index (χ2n) is 10.5. The SMILES string of the molecule is C=C/C(=C\C=C(/C)Cl)CN1CCC(N2CCN(c3nc(N)c(C(=O)NC4CCOC4=O)nc3Cl)CC2CC)CC1.CC. The quantitative estimate of drug-likeness (QED) is 0.305. The monoisotopic (exact) mass is 621 g/mol. The van der Waals surface area contributed by atoms with Crippen LogP contribution < -0.4 is 16.0 Å². The number of nitrogens with one attached hydrogen (secondary N) is 1. The molecule has 3 N–H and O–H groups in total. The molecule has 0 bridgehead atoms. The number of anilines is 2. The van der Waals surface area contributed by atoms with Gasteiger partial charge < -0.3 is 20.7 Å². The van der Waals surface area contributed by atoms with Crippen LogP contribution in [0.4, 0.5) is 11.6 Å². The van der Waals surface area contributed by atoms with Gasteiger partial charge in [-0.1, -0.05) is 62.7 Å². The van der Waals surface area contributed by atoms with Crippen LogP contribution in [0.15, 0.2) is 35.4 Å². The van der Waals surface area contributed by atoms with Crippen molar-refractivity contribution in [2.24, 2.45) is 0 Å². The van der Waals surface area contributed by atoms with Gasteiger partial charge in [-0.05, 0) is 50.9 Å². The lowest BCUT2D eigenvalue weighted by atomic mass is 9.98. The number of hydrogen-bond acceptors (Lipinski definition) is 9. The summed E-state index contributed by atoms with van der Waals surface area (Å²) in [5.74, 6) is -0.597. The van der Waals surface area contributed by atoms with Crippen molar-refractivity contribution in [3.8, 4) is 0 Å². The molecular formula is C30H45Cl2N7O3. The minimum Gasteiger partial charge on any atom is -0.464 e. The number of likely N-dealkylation sites (tertiary alicyclic amines) is 1. The van der Waals surface area contributed by atoms with Gasteiger partial charge in [0.2, 0.25) is 0 Å². The lowest BCUT2D eigenvalue weighted by Gasteiger charge is -2.47. The van der Waals surface area contributed by atoms with Crippen LogP contribution in [-0.4, -0.2) is 95.6 Å². The largest absolute Gasteiger partial charge is 0.464 e. The molecule has 3 fully saturated rings. The lowest BCUT2D eigenvalue weighted by Crippen LogP contribution is -2.58. The zero-order valence-electron chi connectivity index (χ0n) is 25.2. The van der Waals surface area contributed by atoms with Crippen molar-refractivity contribution in [3.63, 3.8) is 0 Å². The van der Waals surface area contributed by atoms with E-state index in [9.17, 15) is 9.59 Å². The summed E-state index contributed by atoms with van der Waals surface area (Å²) in [5, 5.41) is 3.48. The topological polar surface area (TPSA) is 117 Å². The number of cyclic esters (lactones) is 1. The molecule has 12 heteroatoms. The van der Waals surface area contributed by atoms with Gasteiger partial charge in [0.25, 0.3) is 5.91 Å². The van der Waals surface area contributed by atoms with Gasteiger partial charge in [0.05, 0.1) is 6.61 Å². The molecule has 0 aliphatic carbocycles. The fraction of sp³-hybridized carbons (Fsp3) is 0.600. The van der Waals surface area contributed by atoms with Gasteiger partial charge >= 0.3 is 5.97 Å². The summed E-state index contributed by atoms with van der Waals surface area (Å²) in [4.78, 5) is 40.3. The molecule has 4 heterocycles. The lowest BCUT2D eigenvalue weighted by molar-refractivity contribution is -0.139. The van der Waals surface area contributed by atoms with Gasteiger partial charge in [-0.15, -0.1) is 0 Å². The maximum absolute atomic E-state index is 12.7. The molecule has 0 radical (unpaired) electrons.